The molecule has 0 radical (unpaired) electrons. The van der Waals surface area contributed by atoms with Gasteiger partial charge in [0.15, 0.2) is 0 Å². The minimum atomic E-state index is -1.57. The van der Waals surface area contributed by atoms with E-state index in [0.29, 0.717) is 40.3 Å². The molecule has 3 aromatic rings. The number of hydrogen-bond acceptors (Lipinski definition) is 4. The number of benzene rings is 3. The van der Waals surface area contributed by atoms with Crippen LogP contribution in [0.3, 0.4) is 0 Å². The van der Waals surface area contributed by atoms with E-state index in [9.17, 15) is 19.1 Å². The zero-order valence-corrected chi connectivity index (χ0v) is 16.4. The monoisotopic (exact) mass is 409 g/mol. The second-order valence-corrected chi connectivity index (χ2v) is 6.89. The minimum absolute atomic E-state index is 0.104. The van der Waals surface area contributed by atoms with Gasteiger partial charge in [-0.05, 0) is 73.0 Å². The predicted molar refractivity (Wildman–Crippen MR) is 110 cm³/mol. The molecule has 154 valence electrons. The lowest BCUT2D eigenvalue weighted by Gasteiger charge is -2.15. The molecule has 6 nitrogen and oxygen atoms in total. The first kappa shape index (κ1) is 20.9. The van der Waals surface area contributed by atoms with Gasteiger partial charge in [-0.3, -0.25) is 4.79 Å². The Kier molecular flexibility index (Phi) is 6.01. The molecular weight excluding hydrogens is 389 g/mol. The largest absolute Gasteiger partial charge is 0.508 e. The van der Waals surface area contributed by atoms with Gasteiger partial charge < -0.3 is 20.3 Å². The van der Waals surface area contributed by atoms with E-state index in [1.165, 1.54) is 18.2 Å². The van der Waals surface area contributed by atoms with Crippen molar-refractivity contribution in [3.05, 3.63) is 82.7 Å². The lowest BCUT2D eigenvalue weighted by atomic mass is 10.0. The molecule has 0 unspecified atom stereocenters. The molecule has 0 saturated heterocycles. The zero-order chi connectivity index (χ0) is 21.8. The van der Waals surface area contributed by atoms with Gasteiger partial charge in [-0.2, -0.15) is 0 Å². The highest BCUT2D eigenvalue weighted by molar-refractivity contribution is 6.36. The first-order valence-electron chi connectivity index (χ1n) is 9.12. The zero-order valence-electron chi connectivity index (χ0n) is 16.4. The van der Waals surface area contributed by atoms with E-state index in [2.05, 4.69) is 5.32 Å². The van der Waals surface area contributed by atoms with Crippen LogP contribution in [0, 0.1) is 19.7 Å². The molecular formula is C23H20FNO5. The normalized spacial score (nSPS) is 10.5. The molecule has 0 bridgehead atoms. The number of aryl methyl sites for hydroxylation is 2. The number of carbonyl (C=O) groups excluding carboxylic acids is 1. The van der Waals surface area contributed by atoms with Crippen LogP contribution in [0.5, 0.6) is 17.2 Å². The fourth-order valence-electron chi connectivity index (χ4n) is 3.07. The number of anilines is 1. The van der Waals surface area contributed by atoms with Gasteiger partial charge in [0.05, 0.1) is 0 Å². The summed E-state index contributed by atoms with van der Waals surface area (Å²) in [4.78, 5) is 22.1. The number of halogens is 1. The molecule has 3 rings (SSSR count). The van der Waals surface area contributed by atoms with Crippen LogP contribution < -0.4 is 10.1 Å². The van der Waals surface area contributed by atoms with Gasteiger partial charge >= 0.3 is 11.9 Å². The number of nitrogens with one attached hydrogen (secondary N) is 1. The number of aromatic hydroxyl groups is 1. The Morgan fingerprint density at radius 1 is 1.00 bits per heavy atom. The Morgan fingerprint density at radius 3 is 2.23 bits per heavy atom. The highest BCUT2D eigenvalue weighted by atomic mass is 19.1. The quantitative estimate of drug-likeness (QED) is 0.537. The van der Waals surface area contributed by atoms with E-state index >= 15 is 0 Å². The summed E-state index contributed by atoms with van der Waals surface area (Å²) >= 11 is 0. The molecule has 0 aliphatic heterocycles. The van der Waals surface area contributed by atoms with Gasteiger partial charge in [0.25, 0.3) is 0 Å². The van der Waals surface area contributed by atoms with Gasteiger partial charge in [0.2, 0.25) is 0 Å². The standard InChI is InChI=1S/C23H20FNO5/c1-13-9-18(25-22(27)23(28)29)10-14(2)21(13)30-19-7-8-20(26)16(12-19)11-15-3-5-17(24)6-4-15/h3-10,12,26H,11H2,1-2H3,(H,25,27)(H,28,29). The van der Waals surface area contributed by atoms with Crippen LogP contribution >= 0.6 is 0 Å². The first-order valence-corrected chi connectivity index (χ1v) is 9.12. The highest BCUT2D eigenvalue weighted by Gasteiger charge is 2.14. The van der Waals surface area contributed by atoms with Crippen LogP contribution in [0.15, 0.2) is 54.6 Å². The van der Waals surface area contributed by atoms with E-state index in [1.807, 2.05) is 0 Å². The van der Waals surface area contributed by atoms with Crippen LogP contribution in [0.25, 0.3) is 0 Å². The molecule has 0 saturated carbocycles. The molecule has 0 atom stereocenters. The van der Waals surface area contributed by atoms with Crippen LogP contribution in [0.1, 0.15) is 22.3 Å². The van der Waals surface area contributed by atoms with Crippen molar-refractivity contribution in [1.29, 1.82) is 0 Å². The van der Waals surface area contributed by atoms with Gasteiger partial charge in [-0.25, -0.2) is 9.18 Å². The smallest absolute Gasteiger partial charge is 0.394 e. The van der Waals surface area contributed by atoms with E-state index in [1.54, 1.807) is 50.2 Å². The van der Waals surface area contributed by atoms with Crippen molar-refractivity contribution in [3.8, 4) is 17.2 Å². The van der Waals surface area contributed by atoms with Gasteiger partial charge in [-0.1, -0.05) is 12.1 Å². The van der Waals surface area contributed by atoms with Crippen molar-refractivity contribution >= 4 is 17.6 Å². The number of phenolic OH excluding ortho intramolecular Hbond substituents is 1. The van der Waals surface area contributed by atoms with Crippen LogP contribution in [0.2, 0.25) is 0 Å². The van der Waals surface area contributed by atoms with Gasteiger partial charge in [-0.15, -0.1) is 0 Å². The molecule has 0 spiro atoms. The third-order valence-electron chi connectivity index (χ3n) is 4.49. The minimum Gasteiger partial charge on any atom is -0.508 e. The summed E-state index contributed by atoms with van der Waals surface area (Å²) in [7, 11) is 0. The maximum atomic E-state index is 13.1. The summed E-state index contributed by atoms with van der Waals surface area (Å²) in [5.74, 6) is -1.85. The van der Waals surface area contributed by atoms with Crippen molar-refractivity contribution in [3.63, 3.8) is 0 Å². The number of phenols is 1. The second-order valence-electron chi connectivity index (χ2n) is 6.89. The number of ether oxygens (including phenoxy) is 1. The average molecular weight is 409 g/mol. The van der Waals surface area contributed by atoms with Crippen molar-refractivity contribution in [1.82, 2.24) is 0 Å². The topological polar surface area (TPSA) is 95.9 Å². The molecule has 30 heavy (non-hydrogen) atoms. The summed E-state index contributed by atoms with van der Waals surface area (Å²) in [6.45, 7) is 3.55. The Hall–Kier alpha value is -3.87. The fourth-order valence-corrected chi connectivity index (χ4v) is 3.07. The van der Waals surface area contributed by atoms with E-state index < -0.39 is 11.9 Å². The molecule has 3 aromatic carbocycles. The third kappa shape index (κ3) is 4.94. The van der Waals surface area contributed by atoms with E-state index in [-0.39, 0.29) is 11.6 Å². The fraction of sp³-hybridized carbons (Fsp3) is 0.130. The van der Waals surface area contributed by atoms with Crippen LogP contribution in [-0.2, 0) is 16.0 Å². The number of carbonyl (C=O) groups is 2. The molecule has 0 heterocycles. The number of amides is 1. The summed E-state index contributed by atoms with van der Waals surface area (Å²) in [5.41, 5.74) is 3.22. The Morgan fingerprint density at radius 2 is 1.63 bits per heavy atom. The SMILES string of the molecule is Cc1cc(NC(=O)C(=O)O)cc(C)c1Oc1ccc(O)c(Cc2ccc(F)cc2)c1. The molecule has 0 aliphatic rings. The maximum absolute atomic E-state index is 13.1. The number of aliphatic carboxylic acids is 1. The maximum Gasteiger partial charge on any atom is 0.394 e. The lowest BCUT2D eigenvalue weighted by Crippen LogP contribution is -2.21. The first-order chi connectivity index (χ1) is 14.2. The Labute approximate surface area is 172 Å². The number of hydrogen-bond donors (Lipinski definition) is 3. The number of carboxylic acids is 1. The molecule has 0 aromatic heterocycles. The molecule has 7 heteroatoms. The van der Waals surface area contributed by atoms with Gasteiger partial charge in [0, 0.05) is 17.7 Å². The highest BCUT2D eigenvalue weighted by Crippen LogP contribution is 2.34. The predicted octanol–water partition coefficient (Wildman–Crippen LogP) is 4.55. The van der Waals surface area contributed by atoms with Crippen molar-refractivity contribution in [2.24, 2.45) is 0 Å². The van der Waals surface area contributed by atoms with Crippen LogP contribution in [-0.4, -0.2) is 22.1 Å². The summed E-state index contributed by atoms with van der Waals surface area (Å²) < 4.78 is 19.1. The number of carboxylic acid groups (broad SMARTS) is 1. The third-order valence-corrected chi connectivity index (χ3v) is 4.49. The van der Waals surface area contributed by atoms with E-state index in [4.69, 9.17) is 9.84 Å². The molecule has 3 N–H and O–H groups in total. The molecule has 0 fully saturated rings. The summed E-state index contributed by atoms with van der Waals surface area (Å²) in [5, 5.41) is 21.2. The van der Waals surface area contributed by atoms with Crippen molar-refractivity contribution in [2.45, 2.75) is 20.3 Å². The van der Waals surface area contributed by atoms with E-state index in [0.717, 1.165) is 5.56 Å². The van der Waals surface area contributed by atoms with Gasteiger partial charge in [0.1, 0.15) is 23.1 Å². The average Bonchev–Trinajstić information content (AvgIpc) is 2.68. The summed E-state index contributed by atoms with van der Waals surface area (Å²) in [6.07, 6.45) is 0.404. The summed E-state index contributed by atoms with van der Waals surface area (Å²) in [6, 6.07) is 14.1. The second kappa shape index (κ2) is 8.65. The molecule has 0 aliphatic carbocycles. The Balaban J connectivity index is 1.83. The van der Waals surface area contributed by atoms with Crippen molar-refractivity contribution < 1.29 is 28.9 Å². The van der Waals surface area contributed by atoms with Crippen LogP contribution in [0.4, 0.5) is 10.1 Å². The Bertz CT molecular complexity index is 1090. The lowest BCUT2D eigenvalue weighted by molar-refractivity contribution is -0.147. The van der Waals surface area contributed by atoms with Crippen molar-refractivity contribution in [2.75, 3.05) is 5.32 Å². The number of rotatable bonds is 5. The molecule has 1 amide bonds.